The van der Waals surface area contributed by atoms with Crippen molar-refractivity contribution in [2.75, 3.05) is 5.88 Å². The molecule has 2 aromatic carbocycles. The largest absolute Gasteiger partial charge is 0.480 e. The van der Waals surface area contributed by atoms with Crippen molar-refractivity contribution < 1.29 is 23.1 Å². The summed E-state index contributed by atoms with van der Waals surface area (Å²) in [6.07, 6.45) is 3.79. The minimum absolute atomic E-state index is 0.0167. The van der Waals surface area contributed by atoms with Gasteiger partial charge in [-0.15, -0.1) is 0 Å². The minimum atomic E-state index is -3.77. The van der Waals surface area contributed by atoms with Gasteiger partial charge in [0.15, 0.2) is 9.84 Å². The third-order valence-corrected chi connectivity index (χ3v) is 7.96. The summed E-state index contributed by atoms with van der Waals surface area (Å²) in [6, 6.07) is 8.80. The number of nitrogens with zero attached hydrogens (tertiary/aromatic N) is 2. The van der Waals surface area contributed by atoms with Crippen molar-refractivity contribution in [3.05, 3.63) is 68.9 Å². The second kappa shape index (κ2) is 10.1. The molecule has 1 aliphatic carbocycles. The van der Waals surface area contributed by atoms with Gasteiger partial charge in [0, 0.05) is 28.4 Å². The van der Waals surface area contributed by atoms with Crippen LogP contribution in [0.1, 0.15) is 30.1 Å². The van der Waals surface area contributed by atoms with E-state index < -0.39 is 15.8 Å². The summed E-state index contributed by atoms with van der Waals surface area (Å²) in [5.74, 6) is -0.645. The number of nitrogens with one attached hydrogen (secondary N) is 1. The summed E-state index contributed by atoms with van der Waals surface area (Å²) in [5.41, 5.74) is 1.63. The van der Waals surface area contributed by atoms with Crippen LogP contribution in [0.25, 0.3) is 0 Å². The molecular weight excluding hydrogens is 525 g/mol. The highest BCUT2D eigenvalue weighted by molar-refractivity contribution is 7.91. The number of aliphatic carboxylic acids is 1. The number of aromatic nitrogens is 2. The quantitative estimate of drug-likeness (QED) is 0.405. The molecule has 0 saturated heterocycles. The Balaban J connectivity index is 1.47. The van der Waals surface area contributed by atoms with E-state index in [4.69, 9.17) is 44.6 Å². The van der Waals surface area contributed by atoms with Gasteiger partial charge >= 0.3 is 5.97 Å². The molecule has 1 atom stereocenters. The molecule has 0 amide bonds. The van der Waals surface area contributed by atoms with Crippen LogP contribution in [-0.2, 0) is 27.6 Å². The summed E-state index contributed by atoms with van der Waals surface area (Å²) in [5, 5.41) is 17.1. The molecule has 0 aliphatic heterocycles. The molecule has 0 fully saturated rings. The summed E-state index contributed by atoms with van der Waals surface area (Å²) in [7, 11) is -3.77. The van der Waals surface area contributed by atoms with Crippen molar-refractivity contribution in [3.63, 3.8) is 0 Å². The average molecular weight is 545 g/mol. The molecule has 8 nitrogen and oxygen atoms in total. The highest BCUT2D eigenvalue weighted by Crippen LogP contribution is 2.35. The average Bonchev–Trinajstić information content (AvgIpc) is 3.17. The Morgan fingerprint density at radius 2 is 1.97 bits per heavy atom. The number of halogens is 3. The first-order chi connectivity index (χ1) is 16.1. The van der Waals surface area contributed by atoms with E-state index in [9.17, 15) is 13.2 Å². The first-order valence-corrected chi connectivity index (χ1v) is 13.1. The van der Waals surface area contributed by atoms with Gasteiger partial charge in [0.05, 0.1) is 21.1 Å². The van der Waals surface area contributed by atoms with Gasteiger partial charge in [0.2, 0.25) is 0 Å². The van der Waals surface area contributed by atoms with E-state index in [0.717, 1.165) is 17.7 Å². The lowest BCUT2D eigenvalue weighted by Gasteiger charge is -2.24. The first kappa shape index (κ1) is 24.8. The molecule has 0 bridgehead atoms. The maximum atomic E-state index is 13.0. The van der Waals surface area contributed by atoms with Crippen LogP contribution >= 0.6 is 34.8 Å². The molecule has 34 heavy (non-hydrogen) atoms. The first-order valence-electron chi connectivity index (χ1n) is 10.3. The zero-order valence-electron chi connectivity index (χ0n) is 17.7. The van der Waals surface area contributed by atoms with Crippen LogP contribution in [0.4, 0.5) is 0 Å². The van der Waals surface area contributed by atoms with Gasteiger partial charge in [-0.1, -0.05) is 34.8 Å². The molecule has 12 heteroatoms. The maximum Gasteiger partial charge on any atom is 0.325 e. The second-order valence-corrected chi connectivity index (χ2v) is 11.0. The number of carboxylic acid groups (broad SMARTS) is 1. The van der Waals surface area contributed by atoms with Gasteiger partial charge in [-0.25, -0.2) is 8.42 Å². The molecule has 1 aromatic heterocycles. The van der Waals surface area contributed by atoms with Crippen LogP contribution < -0.4 is 10.1 Å². The van der Waals surface area contributed by atoms with Crippen LogP contribution in [0.5, 0.6) is 11.5 Å². The highest BCUT2D eigenvalue weighted by atomic mass is 35.5. The molecule has 4 rings (SSSR count). The van der Waals surface area contributed by atoms with Crippen molar-refractivity contribution in [1.29, 1.82) is 0 Å². The number of carbonyl (C=O) groups is 1. The number of rotatable bonds is 8. The Morgan fingerprint density at radius 3 is 2.68 bits per heavy atom. The van der Waals surface area contributed by atoms with E-state index >= 15 is 0 Å². The lowest BCUT2D eigenvalue weighted by atomic mass is 9.93. The van der Waals surface area contributed by atoms with Crippen LogP contribution in [0.3, 0.4) is 0 Å². The third-order valence-electron chi connectivity index (χ3n) is 5.43. The van der Waals surface area contributed by atoms with E-state index in [1.54, 1.807) is 18.3 Å². The number of sulfone groups is 1. The molecule has 2 N–H and O–H groups in total. The van der Waals surface area contributed by atoms with Gasteiger partial charge in [0.1, 0.15) is 23.9 Å². The molecule has 1 aliphatic rings. The summed E-state index contributed by atoms with van der Waals surface area (Å²) < 4.78 is 33.1. The number of fused-ring (bicyclic) bond motifs is 1. The van der Waals surface area contributed by atoms with E-state index in [1.165, 1.54) is 28.9 Å². The third kappa shape index (κ3) is 5.50. The predicted molar refractivity (Wildman–Crippen MR) is 129 cm³/mol. The van der Waals surface area contributed by atoms with E-state index in [-0.39, 0.29) is 28.4 Å². The zero-order chi connectivity index (χ0) is 24.5. The summed E-state index contributed by atoms with van der Waals surface area (Å²) in [6.45, 7) is -0.231. The summed E-state index contributed by atoms with van der Waals surface area (Å²) in [4.78, 5) is 11.0. The topological polar surface area (TPSA) is 111 Å². The van der Waals surface area contributed by atoms with Gasteiger partial charge in [-0.05, 0) is 49.6 Å². The SMILES string of the molecule is O=C(O)Cn1ncc2c1CCC[C@H]2NCS(=O)(=O)c1ccc(Oc2ccc(Cl)cc2Cl)cc1Cl. The fourth-order valence-electron chi connectivity index (χ4n) is 3.87. The Kier molecular flexibility index (Phi) is 7.39. The molecule has 0 unspecified atom stereocenters. The molecule has 1 heterocycles. The lowest BCUT2D eigenvalue weighted by Crippen LogP contribution is -2.30. The van der Waals surface area contributed by atoms with E-state index in [2.05, 4.69) is 10.4 Å². The fraction of sp³-hybridized carbons (Fsp3) is 0.273. The lowest BCUT2D eigenvalue weighted by molar-refractivity contribution is -0.137. The number of ether oxygens (including phenoxy) is 1. The van der Waals surface area contributed by atoms with Crippen LogP contribution in [0.15, 0.2) is 47.5 Å². The van der Waals surface area contributed by atoms with Gasteiger partial charge in [0.25, 0.3) is 0 Å². The minimum Gasteiger partial charge on any atom is -0.480 e. The Bertz CT molecular complexity index is 1340. The Hall–Kier alpha value is -2.30. The van der Waals surface area contributed by atoms with Gasteiger partial charge in [-0.3, -0.25) is 14.8 Å². The van der Waals surface area contributed by atoms with Crippen molar-refractivity contribution >= 4 is 50.6 Å². The van der Waals surface area contributed by atoms with Crippen molar-refractivity contribution in [2.24, 2.45) is 0 Å². The van der Waals surface area contributed by atoms with Crippen molar-refractivity contribution in [1.82, 2.24) is 15.1 Å². The summed E-state index contributed by atoms with van der Waals surface area (Å²) >= 11 is 18.3. The smallest absolute Gasteiger partial charge is 0.325 e. The molecule has 180 valence electrons. The van der Waals surface area contributed by atoms with Gasteiger partial charge < -0.3 is 9.84 Å². The standard InChI is InChI=1S/C22H20Cl3N3O5S/c23-13-4-6-20(16(24)8-13)33-14-5-7-21(17(25)9-14)34(31,32)12-26-18-2-1-3-19-15(18)10-27-28(19)11-22(29)30/h4-10,18,26H,1-3,11-12H2,(H,29,30)/t18-/m1/s1. The predicted octanol–water partition coefficient (Wildman–Crippen LogP) is 5.12. The molecular formula is C22H20Cl3N3O5S. The van der Waals surface area contributed by atoms with Crippen LogP contribution in [-0.4, -0.2) is 35.2 Å². The van der Waals surface area contributed by atoms with E-state index in [0.29, 0.717) is 34.4 Å². The number of carboxylic acids is 1. The van der Waals surface area contributed by atoms with Crippen molar-refractivity contribution in [2.45, 2.75) is 36.7 Å². The monoisotopic (exact) mass is 543 g/mol. The van der Waals surface area contributed by atoms with Crippen molar-refractivity contribution in [3.8, 4) is 11.5 Å². The fourth-order valence-corrected chi connectivity index (χ4v) is 6.04. The Morgan fingerprint density at radius 1 is 1.18 bits per heavy atom. The second-order valence-electron chi connectivity index (χ2n) is 7.78. The maximum absolute atomic E-state index is 13.0. The molecule has 3 aromatic rings. The molecule has 0 spiro atoms. The zero-order valence-corrected chi connectivity index (χ0v) is 20.8. The molecule has 0 saturated carbocycles. The van der Waals surface area contributed by atoms with Gasteiger partial charge in [-0.2, -0.15) is 5.10 Å². The highest BCUT2D eigenvalue weighted by Gasteiger charge is 2.27. The number of hydrogen-bond acceptors (Lipinski definition) is 6. The van der Waals surface area contributed by atoms with E-state index in [1.807, 2.05) is 0 Å². The number of hydrogen-bond donors (Lipinski definition) is 2. The molecule has 0 radical (unpaired) electrons. The number of benzene rings is 2. The van der Waals surface area contributed by atoms with Crippen LogP contribution in [0, 0.1) is 0 Å². The normalized spacial score (nSPS) is 15.7. The van der Waals surface area contributed by atoms with Crippen LogP contribution in [0.2, 0.25) is 15.1 Å². The Labute approximate surface area is 211 Å².